The molecule has 0 radical (unpaired) electrons. The van der Waals surface area contributed by atoms with E-state index < -0.39 is 0 Å². The highest BCUT2D eigenvalue weighted by atomic mass is 16.5. The van der Waals surface area contributed by atoms with E-state index in [1.807, 2.05) is 36.5 Å². The van der Waals surface area contributed by atoms with Crippen LogP contribution >= 0.6 is 0 Å². The Morgan fingerprint density at radius 1 is 0.957 bits per heavy atom. The highest BCUT2D eigenvalue weighted by Gasteiger charge is 2.06. The van der Waals surface area contributed by atoms with Gasteiger partial charge in [-0.15, -0.1) is 0 Å². The van der Waals surface area contributed by atoms with E-state index in [2.05, 4.69) is 29.4 Å². The molecule has 2 aromatic carbocycles. The third kappa shape index (κ3) is 3.21. The summed E-state index contributed by atoms with van der Waals surface area (Å²) in [6.45, 7) is 2.79. The second kappa shape index (κ2) is 6.57. The first-order valence-electron chi connectivity index (χ1n) is 7.51. The van der Waals surface area contributed by atoms with Crippen molar-refractivity contribution in [3.8, 4) is 11.5 Å². The number of nitrogens with one attached hydrogen (secondary N) is 1. The van der Waals surface area contributed by atoms with Gasteiger partial charge in [0.15, 0.2) is 11.5 Å². The molecule has 4 nitrogen and oxygen atoms in total. The molecule has 0 fully saturated rings. The van der Waals surface area contributed by atoms with Gasteiger partial charge < -0.3 is 14.8 Å². The topological polar surface area (TPSA) is 43.4 Å². The number of aromatic nitrogens is 1. The number of aryl methyl sites for hydroxylation is 1. The monoisotopic (exact) mass is 308 g/mol. The lowest BCUT2D eigenvalue weighted by Crippen LogP contribution is -2.01. The summed E-state index contributed by atoms with van der Waals surface area (Å²) in [4.78, 5) is 4.41. The first-order chi connectivity index (χ1) is 11.2. The molecule has 0 unspecified atom stereocenters. The summed E-state index contributed by atoms with van der Waals surface area (Å²) in [7, 11) is 3.29. The predicted octanol–water partition coefficient (Wildman–Crippen LogP) is 4.17. The van der Waals surface area contributed by atoms with E-state index in [1.165, 1.54) is 5.56 Å². The number of hydrogen-bond donors (Lipinski definition) is 1. The Morgan fingerprint density at radius 2 is 1.78 bits per heavy atom. The van der Waals surface area contributed by atoms with Gasteiger partial charge in [-0.1, -0.05) is 17.7 Å². The smallest absolute Gasteiger partial charge is 0.161 e. The van der Waals surface area contributed by atoms with Gasteiger partial charge in [-0.25, -0.2) is 0 Å². The predicted molar refractivity (Wildman–Crippen MR) is 93.4 cm³/mol. The second-order valence-corrected chi connectivity index (χ2v) is 5.42. The largest absolute Gasteiger partial charge is 0.493 e. The number of hydrogen-bond acceptors (Lipinski definition) is 4. The average molecular weight is 308 g/mol. The van der Waals surface area contributed by atoms with Crippen molar-refractivity contribution in [3.05, 3.63) is 59.8 Å². The number of benzene rings is 2. The molecule has 0 spiro atoms. The highest BCUT2D eigenvalue weighted by Crippen LogP contribution is 2.28. The number of rotatable bonds is 5. The van der Waals surface area contributed by atoms with Crippen LogP contribution in [0.1, 0.15) is 11.1 Å². The van der Waals surface area contributed by atoms with Crippen molar-refractivity contribution < 1.29 is 9.47 Å². The fourth-order valence-corrected chi connectivity index (χ4v) is 2.60. The third-order valence-electron chi connectivity index (χ3n) is 3.83. The minimum atomic E-state index is 0.702. The van der Waals surface area contributed by atoms with Crippen LogP contribution in [0.2, 0.25) is 0 Å². The van der Waals surface area contributed by atoms with Crippen molar-refractivity contribution >= 4 is 16.6 Å². The quantitative estimate of drug-likeness (QED) is 0.768. The van der Waals surface area contributed by atoms with Crippen molar-refractivity contribution in [1.29, 1.82) is 0 Å². The molecule has 1 heterocycles. The van der Waals surface area contributed by atoms with E-state index >= 15 is 0 Å². The van der Waals surface area contributed by atoms with E-state index in [4.69, 9.17) is 9.47 Å². The number of fused-ring (bicyclic) bond motifs is 1. The summed E-state index contributed by atoms with van der Waals surface area (Å²) in [6, 6.07) is 14.2. The Kier molecular flexibility index (Phi) is 4.33. The van der Waals surface area contributed by atoms with Gasteiger partial charge in [0.25, 0.3) is 0 Å². The molecule has 3 rings (SSSR count). The van der Waals surface area contributed by atoms with E-state index in [0.29, 0.717) is 6.54 Å². The zero-order valence-corrected chi connectivity index (χ0v) is 13.6. The fourth-order valence-electron chi connectivity index (χ4n) is 2.60. The Morgan fingerprint density at radius 3 is 2.57 bits per heavy atom. The first-order valence-corrected chi connectivity index (χ1v) is 7.51. The van der Waals surface area contributed by atoms with Crippen LogP contribution in [0.25, 0.3) is 10.9 Å². The normalized spacial score (nSPS) is 10.6. The Balaban J connectivity index is 1.85. The molecule has 0 aliphatic rings. The number of pyridine rings is 1. The van der Waals surface area contributed by atoms with E-state index in [1.54, 1.807) is 14.2 Å². The van der Waals surface area contributed by atoms with Gasteiger partial charge in [0, 0.05) is 23.8 Å². The molecule has 1 N–H and O–H groups in total. The molecule has 23 heavy (non-hydrogen) atoms. The third-order valence-corrected chi connectivity index (χ3v) is 3.83. The van der Waals surface area contributed by atoms with Crippen LogP contribution < -0.4 is 14.8 Å². The number of anilines is 1. The lowest BCUT2D eigenvalue weighted by molar-refractivity contribution is 0.354. The average Bonchev–Trinajstić information content (AvgIpc) is 2.59. The maximum atomic E-state index is 5.35. The van der Waals surface area contributed by atoms with Crippen LogP contribution in [0.3, 0.4) is 0 Å². The molecule has 0 saturated heterocycles. The van der Waals surface area contributed by atoms with Gasteiger partial charge in [0.05, 0.1) is 19.7 Å². The van der Waals surface area contributed by atoms with Gasteiger partial charge in [-0.3, -0.25) is 4.98 Å². The van der Waals surface area contributed by atoms with Gasteiger partial charge in [-0.2, -0.15) is 0 Å². The van der Waals surface area contributed by atoms with Gasteiger partial charge in [-0.05, 0) is 42.8 Å². The second-order valence-electron chi connectivity index (χ2n) is 5.42. The lowest BCUT2D eigenvalue weighted by atomic mass is 10.1. The van der Waals surface area contributed by atoms with Crippen LogP contribution in [-0.2, 0) is 6.54 Å². The Bertz CT molecular complexity index is 831. The van der Waals surface area contributed by atoms with Crippen molar-refractivity contribution in [2.45, 2.75) is 13.5 Å². The van der Waals surface area contributed by atoms with Crippen LogP contribution in [0.5, 0.6) is 11.5 Å². The van der Waals surface area contributed by atoms with Crippen LogP contribution in [0.4, 0.5) is 5.69 Å². The SMILES string of the molecule is COc1ccc(CNc2ccnc3ccc(C)cc23)cc1OC. The maximum Gasteiger partial charge on any atom is 0.161 e. The number of methoxy groups -OCH3 is 2. The number of nitrogens with zero attached hydrogens (tertiary/aromatic N) is 1. The summed E-state index contributed by atoms with van der Waals surface area (Å²) < 4.78 is 10.6. The number of ether oxygens (including phenoxy) is 2. The Hall–Kier alpha value is -2.75. The molecule has 3 aromatic rings. The van der Waals surface area contributed by atoms with E-state index in [9.17, 15) is 0 Å². The van der Waals surface area contributed by atoms with Gasteiger partial charge in [0.1, 0.15) is 0 Å². The highest BCUT2D eigenvalue weighted by molar-refractivity contribution is 5.91. The molecule has 0 amide bonds. The van der Waals surface area contributed by atoms with Gasteiger partial charge >= 0.3 is 0 Å². The molecule has 118 valence electrons. The summed E-state index contributed by atoms with van der Waals surface area (Å²) in [5.41, 5.74) is 4.42. The molecule has 0 atom stereocenters. The van der Waals surface area contributed by atoms with E-state index in [0.717, 1.165) is 33.7 Å². The summed E-state index contributed by atoms with van der Waals surface area (Å²) in [5.74, 6) is 1.48. The maximum absolute atomic E-state index is 5.35. The molecular weight excluding hydrogens is 288 g/mol. The standard InChI is InChI=1S/C19H20N2O2/c1-13-4-6-16-15(10-13)17(8-9-20-16)21-12-14-5-7-18(22-2)19(11-14)23-3/h4-11H,12H2,1-3H3,(H,20,21). The van der Waals surface area contributed by atoms with Crippen LogP contribution in [0.15, 0.2) is 48.7 Å². The summed E-state index contributed by atoms with van der Waals surface area (Å²) >= 11 is 0. The summed E-state index contributed by atoms with van der Waals surface area (Å²) in [5, 5.41) is 4.62. The van der Waals surface area contributed by atoms with Gasteiger partial charge in [0.2, 0.25) is 0 Å². The molecule has 0 aliphatic heterocycles. The van der Waals surface area contributed by atoms with Crippen molar-refractivity contribution in [1.82, 2.24) is 4.98 Å². The molecule has 1 aromatic heterocycles. The van der Waals surface area contributed by atoms with Crippen LogP contribution in [0, 0.1) is 6.92 Å². The molecule has 0 aliphatic carbocycles. The molecule has 0 saturated carbocycles. The van der Waals surface area contributed by atoms with Crippen molar-refractivity contribution in [2.24, 2.45) is 0 Å². The minimum absolute atomic E-state index is 0.702. The lowest BCUT2D eigenvalue weighted by Gasteiger charge is -2.12. The van der Waals surface area contributed by atoms with Crippen molar-refractivity contribution in [3.63, 3.8) is 0 Å². The minimum Gasteiger partial charge on any atom is -0.493 e. The molecule has 4 heteroatoms. The molecule has 0 bridgehead atoms. The zero-order chi connectivity index (χ0) is 16.2. The fraction of sp³-hybridized carbons (Fsp3) is 0.211. The Labute approximate surface area is 136 Å². The van der Waals surface area contributed by atoms with Crippen LogP contribution in [-0.4, -0.2) is 19.2 Å². The summed E-state index contributed by atoms with van der Waals surface area (Å²) in [6.07, 6.45) is 1.83. The zero-order valence-electron chi connectivity index (χ0n) is 13.6. The first kappa shape index (κ1) is 15.2. The molecular formula is C19H20N2O2. The van der Waals surface area contributed by atoms with E-state index in [-0.39, 0.29) is 0 Å². The van der Waals surface area contributed by atoms with Crippen molar-refractivity contribution in [2.75, 3.05) is 19.5 Å².